The number of halogens is 3. The first-order valence-corrected chi connectivity index (χ1v) is 13.1. The van der Waals surface area contributed by atoms with Gasteiger partial charge in [-0.2, -0.15) is 13.2 Å². The van der Waals surface area contributed by atoms with E-state index in [-0.39, 0.29) is 23.5 Å². The molecule has 0 radical (unpaired) electrons. The molecule has 2 aromatic rings. The number of alkyl halides is 3. The van der Waals surface area contributed by atoms with Crippen molar-refractivity contribution in [3.05, 3.63) is 52.3 Å². The van der Waals surface area contributed by atoms with Gasteiger partial charge in [0, 0.05) is 50.3 Å². The molecule has 2 unspecified atom stereocenters. The summed E-state index contributed by atoms with van der Waals surface area (Å²) in [7, 11) is 0. The zero-order chi connectivity index (χ0) is 27.1. The minimum Gasteiger partial charge on any atom is -0.411 e. The van der Waals surface area contributed by atoms with Gasteiger partial charge in [-0.1, -0.05) is 19.1 Å². The number of rotatable bonds is 5. The number of carbonyl (C=O) groups is 1. The first-order chi connectivity index (χ1) is 17.4. The van der Waals surface area contributed by atoms with Gasteiger partial charge >= 0.3 is 6.18 Å². The smallest absolute Gasteiger partial charge is 0.411 e. The average Bonchev–Trinajstić information content (AvgIpc) is 3.11. The number of piperazine rings is 1. The van der Waals surface area contributed by atoms with E-state index in [1.807, 2.05) is 4.90 Å². The van der Waals surface area contributed by atoms with Crippen LogP contribution in [0.5, 0.6) is 0 Å². The van der Waals surface area contributed by atoms with Crippen LogP contribution in [0, 0.1) is 13.8 Å². The number of nitrogens with zero attached hydrogens (tertiary/aromatic N) is 5. The van der Waals surface area contributed by atoms with Gasteiger partial charge in [0.15, 0.2) is 0 Å². The summed E-state index contributed by atoms with van der Waals surface area (Å²) in [6.45, 7) is 13.8. The van der Waals surface area contributed by atoms with Crippen molar-refractivity contribution in [2.45, 2.75) is 77.7 Å². The number of piperidine rings is 1. The quantitative estimate of drug-likeness (QED) is 0.567. The lowest BCUT2D eigenvalue weighted by Gasteiger charge is -2.52. The van der Waals surface area contributed by atoms with Crippen molar-refractivity contribution >= 4 is 5.91 Å². The number of benzene rings is 1. The maximum Gasteiger partial charge on any atom is 0.416 e. The highest BCUT2D eigenvalue weighted by Crippen LogP contribution is 2.36. The Bertz CT molecular complexity index is 1110. The summed E-state index contributed by atoms with van der Waals surface area (Å²) in [5, 5.41) is 13.8. The molecule has 0 spiro atoms. The van der Waals surface area contributed by atoms with Gasteiger partial charge in [-0.3, -0.25) is 14.6 Å². The second-order valence-corrected chi connectivity index (χ2v) is 10.8. The summed E-state index contributed by atoms with van der Waals surface area (Å²) >= 11 is 0. The van der Waals surface area contributed by atoms with Crippen molar-refractivity contribution in [1.29, 1.82) is 0 Å². The van der Waals surface area contributed by atoms with E-state index in [4.69, 9.17) is 0 Å². The molecule has 37 heavy (non-hydrogen) atoms. The molecular formula is C27H38F3N5O2. The van der Waals surface area contributed by atoms with Crippen molar-refractivity contribution in [3.8, 4) is 0 Å². The lowest BCUT2D eigenvalue weighted by molar-refractivity contribution is -0.137. The minimum atomic E-state index is -4.33. The largest absolute Gasteiger partial charge is 0.416 e. The van der Waals surface area contributed by atoms with Gasteiger partial charge in [0.05, 0.1) is 22.5 Å². The lowest BCUT2D eigenvalue weighted by Crippen LogP contribution is -2.62. The Morgan fingerprint density at radius 1 is 1.14 bits per heavy atom. The third-order valence-electron chi connectivity index (χ3n) is 8.46. The van der Waals surface area contributed by atoms with Crippen LogP contribution in [-0.4, -0.2) is 80.1 Å². The van der Waals surface area contributed by atoms with Gasteiger partial charge in [-0.15, -0.1) is 9.94 Å². The van der Waals surface area contributed by atoms with E-state index in [9.17, 15) is 23.2 Å². The molecule has 2 aliphatic heterocycles. The van der Waals surface area contributed by atoms with E-state index in [1.54, 1.807) is 26.0 Å². The maximum absolute atomic E-state index is 13.1. The fourth-order valence-corrected chi connectivity index (χ4v) is 6.09. The van der Waals surface area contributed by atoms with Crippen LogP contribution >= 0.6 is 0 Å². The summed E-state index contributed by atoms with van der Waals surface area (Å²) in [5.74, 6) is -0.0853. The summed E-state index contributed by atoms with van der Waals surface area (Å²) in [6.07, 6.45) is -1.79. The van der Waals surface area contributed by atoms with Crippen molar-refractivity contribution < 1.29 is 23.2 Å². The summed E-state index contributed by atoms with van der Waals surface area (Å²) in [6, 6.07) is 5.93. The molecule has 1 N–H and O–H groups in total. The molecule has 2 aliphatic rings. The molecule has 4 rings (SSSR count). The van der Waals surface area contributed by atoms with E-state index in [0.717, 1.165) is 49.3 Å². The summed E-state index contributed by atoms with van der Waals surface area (Å²) < 4.78 is 39.0. The summed E-state index contributed by atoms with van der Waals surface area (Å²) in [4.78, 5) is 20.7. The molecule has 0 saturated carbocycles. The number of hydrogen-bond donors (Lipinski definition) is 1. The molecule has 204 valence electrons. The highest BCUT2D eigenvalue weighted by atomic mass is 19.4. The molecule has 0 bridgehead atoms. The topological polar surface area (TPSA) is 64.8 Å². The molecule has 2 saturated heterocycles. The van der Waals surface area contributed by atoms with Crippen LogP contribution in [-0.2, 0) is 6.18 Å². The Morgan fingerprint density at radius 3 is 2.24 bits per heavy atom. The number of carbonyl (C=O) groups excluding carboxylic acids is 1. The molecule has 3 heterocycles. The Balaban J connectivity index is 1.38. The zero-order valence-corrected chi connectivity index (χ0v) is 22.3. The van der Waals surface area contributed by atoms with Gasteiger partial charge in [0.25, 0.3) is 5.91 Å². The normalized spacial score (nSPS) is 22.3. The Kier molecular flexibility index (Phi) is 7.63. The Morgan fingerprint density at radius 2 is 1.76 bits per heavy atom. The van der Waals surface area contributed by atoms with Crippen molar-refractivity contribution in [3.63, 3.8) is 0 Å². The van der Waals surface area contributed by atoms with Crippen LogP contribution in [0.3, 0.4) is 0 Å². The van der Waals surface area contributed by atoms with Crippen LogP contribution in [0.25, 0.3) is 0 Å². The third-order valence-corrected chi connectivity index (χ3v) is 8.46. The molecule has 2 fully saturated rings. The molecule has 10 heteroatoms. The SMILES string of the molecule is CCC(c1ccc(C(F)(F)F)cc1)N1CCN(C2(C)CCN(C(=O)c3c(C)nn(O)c3C)CC2)CC1C. The van der Waals surface area contributed by atoms with Crippen molar-refractivity contribution in [1.82, 2.24) is 24.6 Å². The number of likely N-dealkylation sites (tertiary alicyclic amines) is 1. The van der Waals surface area contributed by atoms with Gasteiger partial charge in [-0.05, 0) is 64.7 Å². The molecule has 2 atom stereocenters. The van der Waals surface area contributed by atoms with Crippen LogP contribution in [0.1, 0.15) is 78.9 Å². The molecule has 1 aromatic carbocycles. The maximum atomic E-state index is 13.1. The van der Waals surface area contributed by atoms with Crippen molar-refractivity contribution in [2.24, 2.45) is 0 Å². The predicted octanol–water partition coefficient (Wildman–Crippen LogP) is 4.91. The number of hydrogen-bond acceptors (Lipinski definition) is 5. The van der Waals surface area contributed by atoms with Gasteiger partial charge in [-0.25, -0.2) is 0 Å². The van der Waals surface area contributed by atoms with Crippen molar-refractivity contribution in [2.75, 3.05) is 32.7 Å². The number of aromatic nitrogens is 2. The van der Waals surface area contributed by atoms with E-state index in [1.165, 1.54) is 12.1 Å². The van der Waals surface area contributed by atoms with E-state index >= 15 is 0 Å². The molecule has 1 amide bonds. The second kappa shape index (κ2) is 10.3. The van der Waals surface area contributed by atoms with E-state index in [0.29, 0.717) is 30.0 Å². The van der Waals surface area contributed by atoms with Crippen LogP contribution in [0.2, 0.25) is 0 Å². The monoisotopic (exact) mass is 521 g/mol. The summed E-state index contributed by atoms with van der Waals surface area (Å²) in [5.41, 5.74) is 1.74. The second-order valence-electron chi connectivity index (χ2n) is 10.8. The Hall–Kier alpha value is -2.59. The first-order valence-electron chi connectivity index (χ1n) is 13.1. The number of aryl methyl sites for hydroxylation is 1. The fourth-order valence-electron chi connectivity index (χ4n) is 6.09. The standard InChI is InChI=1S/C27H38F3N5O2/c1-6-23(21-7-9-22(10-8-21)27(28,29)30)34-16-15-33(17-18(34)2)26(5)11-13-32(14-12-26)25(36)24-19(3)31-35(37)20(24)4/h7-10,18,23,37H,6,11-17H2,1-5H3. The molecule has 1 aromatic heterocycles. The number of amides is 1. The molecular weight excluding hydrogens is 483 g/mol. The third kappa shape index (κ3) is 5.36. The first kappa shape index (κ1) is 27.4. The predicted molar refractivity (Wildman–Crippen MR) is 135 cm³/mol. The molecule has 7 nitrogen and oxygen atoms in total. The minimum absolute atomic E-state index is 0.0293. The van der Waals surface area contributed by atoms with Gasteiger partial charge < -0.3 is 10.1 Å². The van der Waals surface area contributed by atoms with Crippen LogP contribution in [0.15, 0.2) is 24.3 Å². The Labute approximate surface area is 216 Å². The lowest BCUT2D eigenvalue weighted by atomic mass is 9.85. The average molecular weight is 522 g/mol. The van der Waals surface area contributed by atoms with E-state index in [2.05, 4.69) is 35.7 Å². The molecule has 0 aliphatic carbocycles. The van der Waals surface area contributed by atoms with Gasteiger partial charge in [0.1, 0.15) is 0 Å². The highest BCUT2D eigenvalue weighted by molar-refractivity contribution is 5.96. The fraction of sp³-hybridized carbons (Fsp3) is 0.630. The van der Waals surface area contributed by atoms with Gasteiger partial charge in [0.2, 0.25) is 0 Å². The highest BCUT2D eigenvalue weighted by Gasteiger charge is 2.41. The van der Waals surface area contributed by atoms with Crippen LogP contribution < -0.4 is 0 Å². The van der Waals surface area contributed by atoms with Crippen LogP contribution in [0.4, 0.5) is 13.2 Å². The zero-order valence-electron chi connectivity index (χ0n) is 22.3. The van der Waals surface area contributed by atoms with E-state index < -0.39 is 11.7 Å².